The molecule has 1 atom stereocenters. The summed E-state index contributed by atoms with van der Waals surface area (Å²) in [5.41, 5.74) is 0.496. The second-order valence-electron chi connectivity index (χ2n) is 6.07. The van der Waals surface area contributed by atoms with Crippen LogP contribution in [0.2, 0.25) is 0 Å². The zero-order valence-electron chi connectivity index (χ0n) is 12.7. The van der Waals surface area contributed by atoms with Crippen LogP contribution in [0.3, 0.4) is 0 Å². The molecule has 2 rings (SSSR count). The molecule has 0 aliphatic carbocycles. The van der Waals surface area contributed by atoms with Crippen LogP contribution in [0.4, 0.5) is 5.69 Å². The van der Waals surface area contributed by atoms with Crippen molar-refractivity contribution in [2.45, 2.75) is 45.8 Å². The molecule has 0 spiro atoms. The number of hydrogen-bond acceptors (Lipinski definition) is 4. The van der Waals surface area contributed by atoms with Gasteiger partial charge in [0.2, 0.25) is 0 Å². The lowest BCUT2D eigenvalue weighted by molar-refractivity contribution is -0.156. The highest BCUT2D eigenvalue weighted by atomic mass is 16.6. The van der Waals surface area contributed by atoms with Crippen molar-refractivity contribution in [2.75, 3.05) is 18.1 Å². The van der Waals surface area contributed by atoms with Crippen LogP contribution in [0.15, 0.2) is 24.3 Å². The minimum atomic E-state index is -0.465. The Hall–Kier alpha value is -1.71. The van der Waals surface area contributed by atoms with Crippen LogP contribution in [0.1, 0.15) is 34.1 Å². The quantitative estimate of drug-likeness (QED) is 0.779. The molecule has 1 aromatic rings. The molecular formula is C16H23NO3. The first-order chi connectivity index (χ1) is 9.38. The minimum Gasteiger partial charge on any atom is -0.491 e. The molecule has 1 aliphatic rings. The smallest absolute Gasteiger partial charge is 0.328 e. The summed E-state index contributed by atoms with van der Waals surface area (Å²) >= 11 is 0. The first-order valence-electron chi connectivity index (χ1n) is 7.10. The summed E-state index contributed by atoms with van der Waals surface area (Å²) < 4.78 is 11.2. The molecule has 1 aliphatic heterocycles. The molecule has 1 heterocycles. The van der Waals surface area contributed by atoms with Crippen LogP contribution in [-0.2, 0) is 9.53 Å². The van der Waals surface area contributed by atoms with Gasteiger partial charge in [0.05, 0.1) is 12.3 Å². The summed E-state index contributed by atoms with van der Waals surface area (Å²) in [5.74, 6) is 0.634. The summed E-state index contributed by atoms with van der Waals surface area (Å²) in [7, 11) is 0. The van der Waals surface area contributed by atoms with Gasteiger partial charge in [-0.2, -0.15) is 0 Å². The SMILES string of the molecule is CC(C(=O)OC(C)(C)C)N1CCCOc2ccccc21. The molecule has 1 unspecified atom stereocenters. The molecule has 0 bridgehead atoms. The normalized spacial score (nSPS) is 16.7. The first kappa shape index (κ1) is 14.7. The molecule has 0 saturated heterocycles. The Labute approximate surface area is 120 Å². The van der Waals surface area contributed by atoms with E-state index in [1.165, 1.54) is 0 Å². The molecule has 4 heteroatoms. The molecule has 0 radical (unpaired) electrons. The molecule has 0 fully saturated rings. The number of benzene rings is 1. The molecule has 4 nitrogen and oxygen atoms in total. The van der Waals surface area contributed by atoms with Crippen LogP contribution in [0, 0.1) is 0 Å². The Kier molecular flexibility index (Phi) is 4.21. The second kappa shape index (κ2) is 5.73. The van der Waals surface area contributed by atoms with E-state index in [0.717, 1.165) is 24.4 Å². The van der Waals surface area contributed by atoms with Gasteiger partial charge in [0.1, 0.15) is 17.4 Å². The van der Waals surface area contributed by atoms with E-state index >= 15 is 0 Å². The van der Waals surface area contributed by atoms with Crippen LogP contribution >= 0.6 is 0 Å². The molecule has 0 N–H and O–H groups in total. The third-order valence-corrected chi connectivity index (χ3v) is 3.19. The van der Waals surface area contributed by atoms with Crippen molar-refractivity contribution in [3.63, 3.8) is 0 Å². The van der Waals surface area contributed by atoms with Gasteiger partial charge in [-0.15, -0.1) is 0 Å². The largest absolute Gasteiger partial charge is 0.491 e. The van der Waals surface area contributed by atoms with E-state index in [-0.39, 0.29) is 12.0 Å². The van der Waals surface area contributed by atoms with Gasteiger partial charge in [0.15, 0.2) is 0 Å². The van der Waals surface area contributed by atoms with Crippen molar-refractivity contribution in [3.8, 4) is 5.75 Å². The van der Waals surface area contributed by atoms with E-state index in [0.29, 0.717) is 6.61 Å². The van der Waals surface area contributed by atoms with Gasteiger partial charge in [-0.1, -0.05) is 12.1 Å². The fourth-order valence-corrected chi connectivity index (χ4v) is 2.27. The van der Waals surface area contributed by atoms with E-state index in [9.17, 15) is 4.79 Å². The average molecular weight is 277 g/mol. The van der Waals surface area contributed by atoms with E-state index < -0.39 is 5.60 Å². The predicted octanol–water partition coefficient (Wildman–Crippen LogP) is 3.01. The summed E-state index contributed by atoms with van der Waals surface area (Å²) in [4.78, 5) is 14.3. The van der Waals surface area contributed by atoms with Gasteiger partial charge < -0.3 is 14.4 Å². The number of nitrogens with zero attached hydrogens (tertiary/aromatic N) is 1. The van der Waals surface area contributed by atoms with Crippen LogP contribution in [0.25, 0.3) is 0 Å². The number of ether oxygens (including phenoxy) is 2. The second-order valence-corrected chi connectivity index (χ2v) is 6.07. The van der Waals surface area contributed by atoms with Crippen molar-refractivity contribution in [1.82, 2.24) is 0 Å². The minimum absolute atomic E-state index is 0.200. The summed E-state index contributed by atoms with van der Waals surface area (Å²) in [6.07, 6.45) is 0.891. The van der Waals surface area contributed by atoms with Crippen molar-refractivity contribution in [1.29, 1.82) is 0 Å². The number of hydrogen-bond donors (Lipinski definition) is 0. The lowest BCUT2D eigenvalue weighted by atomic mass is 10.1. The van der Waals surface area contributed by atoms with Crippen LogP contribution in [0.5, 0.6) is 5.75 Å². The van der Waals surface area contributed by atoms with Crippen molar-refractivity contribution in [3.05, 3.63) is 24.3 Å². The van der Waals surface area contributed by atoms with Gasteiger partial charge in [-0.25, -0.2) is 4.79 Å². The molecular weight excluding hydrogens is 254 g/mol. The predicted molar refractivity (Wildman–Crippen MR) is 79.2 cm³/mol. The fraction of sp³-hybridized carbons (Fsp3) is 0.562. The number of esters is 1. The summed E-state index contributed by atoms with van der Waals surface area (Å²) in [6, 6.07) is 7.51. The molecule has 0 aromatic heterocycles. The zero-order chi connectivity index (χ0) is 14.8. The average Bonchev–Trinajstić information content (AvgIpc) is 2.58. The number of anilines is 1. The van der Waals surface area contributed by atoms with E-state index in [1.807, 2.05) is 52.0 Å². The molecule has 20 heavy (non-hydrogen) atoms. The van der Waals surface area contributed by atoms with E-state index in [2.05, 4.69) is 4.90 Å². The monoisotopic (exact) mass is 277 g/mol. The lowest BCUT2D eigenvalue weighted by Gasteiger charge is -2.31. The van der Waals surface area contributed by atoms with Gasteiger partial charge in [0.25, 0.3) is 0 Å². The topological polar surface area (TPSA) is 38.8 Å². The Balaban J connectivity index is 2.21. The van der Waals surface area contributed by atoms with E-state index in [1.54, 1.807) is 0 Å². The number of fused-ring (bicyclic) bond motifs is 1. The number of carbonyl (C=O) groups is 1. The third-order valence-electron chi connectivity index (χ3n) is 3.19. The Bertz CT molecular complexity index is 479. The van der Waals surface area contributed by atoms with E-state index in [4.69, 9.17) is 9.47 Å². The summed E-state index contributed by atoms with van der Waals surface area (Å²) in [5, 5.41) is 0. The lowest BCUT2D eigenvalue weighted by Crippen LogP contribution is -2.43. The van der Waals surface area contributed by atoms with Gasteiger partial charge in [-0.3, -0.25) is 0 Å². The Morgan fingerprint density at radius 2 is 2.05 bits per heavy atom. The highest BCUT2D eigenvalue weighted by Crippen LogP contribution is 2.32. The first-order valence-corrected chi connectivity index (χ1v) is 7.10. The summed E-state index contributed by atoms with van der Waals surface area (Å²) in [6.45, 7) is 9.01. The maximum atomic E-state index is 12.3. The molecule has 1 aromatic carbocycles. The van der Waals surface area contributed by atoms with Crippen molar-refractivity contribution in [2.24, 2.45) is 0 Å². The highest BCUT2D eigenvalue weighted by molar-refractivity contribution is 5.81. The Morgan fingerprint density at radius 3 is 2.75 bits per heavy atom. The highest BCUT2D eigenvalue weighted by Gasteiger charge is 2.29. The van der Waals surface area contributed by atoms with Crippen LogP contribution < -0.4 is 9.64 Å². The fourth-order valence-electron chi connectivity index (χ4n) is 2.27. The Morgan fingerprint density at radius 1 is 1.35 bits per heavy atom. The maximum Gasteiger partial charge on any atom is 0.328 e. The maximum absolute atomic E-state index is 12.3. The number of rotatable bonds is 2. The zero-order valence-corrected chi connectivity index (χ0v) is 12.7. The molecule has 0 amide bonds. The van der Waals surface area contributed by atoms with Crippen molar-refractivity contribution < 1.29 is 14.3 Å². The van der Waals surface area contributed by atoms with Crippen molar-refractivity contribution >= 4 is 11.7 Å². The van der Waals surface area contributed by atoms with Crippen LogP contribution in [-0.4, -0.2) is 30.8 Å². The van der Waals surface area contributed by atoms with Gasteiger partial charge in [0, 0.05) is 6.54 Å². The molecule has 0 saturated carbocycles. The number of para-hydroxylation sites is 2. The van der Waals surface area contributed by atoms with Gasteiger partial charge in [-0.05, 0) is 46.2 Å². The third kappa shape index (κ3) is 3.44. The van der Waals surface area contributed by atoms with Gasteiger partial charge >= 0.3 is 5.97 Å². The number of carbonyl (C=O) groups excluding carboxylic acids is 1. The standard InChI is InChI=1S/C16H23NO3/c1-12(15(18)20-16(2,3)4)17-10-7-11-19-14-9-6-5-8-13(14)17/h5-6,8-9,12H,7,10-11H2,1-4H3. The molecule has 110 valence electrons.